The SMILES string of the molecule is C=C(C=C=C(c1ccccc1)C(C)(C)C)c1ccccc1. The number of benzene rings is 2. The van der Waals surface area contributed by atoms with Gasteiger partial charge in [0.1, 0.15) is 0 Å². The molecule has 2 aromatic rings. The van der Waals surface area contributed by atoms with E-state index in [0.717, 1.165) is 11.1 Å². The highest BCUT2D eigenvalue weighted by atomic mass is 14.2. The Hall–Kier alpha value is -2.30. The highest BCUT2D eigenvalue weighted by Gasteiger charge is 2.18. The Morgan fingerprint density at radius 2 is 1.33 bits per heavy atom. The van der Waals surface area contributed by atoms with Crippen LogP contribution in [-0.4, -0.2) is 0 Å². The molecule has 0 saturated heterocycles. The van der Waals surface area contributed by atoms with Crippen LogP contribution in [0.2, 0.25) is 0 Å². The van der Waals surface area contributed by atoms with Gasteiger partial charge in [-0.25, -0.2) is 0 Å². The van der Waals surface area contributed by atoms with Crippen molar-refractivity contribution in [2.24, 2.45) is 5.41 Å². The zero-order chi connectivity index (χ0) is 15.3. The summed E-state index contributed by atoms with van der Waals surface area (Å²) in [7, 11) is 0. The van der Waals surface area contributed by atoms with Crippen LogP contribution < -0.4 is 0 Å². The molecule has 0 bridgehead atoms. The summed E-state index contributed by atoms with van der Waals surface area (Å²) in [5.74, 6) is 0. The predicted octanol–water partition coefficient (Wildman–Crippen LogP) is 5.98. The fourth-order valence-corrected chi connectivity index (χ4v) is 2.23. The fourth-order valence-electron chi connectivity index (χ4n) is 2.23. The molecule has 21 heavy (non-hydrogen) atoms. The van der Waals surface area contributed by atoms with Gasteiger partial charge in [0.2, 0.25) is 0 Å². The van der Waals surface area contributed by atoms with Crippen LogP contribution in [0.3, 0.4) is 0 Å². The first kappa shape index (κ1) is 15.1. The lowest BCUT2D eigenvalue weighted by molar-refractivity contribution is 0.567. The standard InChI is InChI=1S/C21H22/c1-17(18-11-7-5-8-12-18)15-16-20(21(2,3)4)19-13-9-6-10-14-19/h5-15H,1H2,2-4H3. The molecule has 2 aromatic carbocycles. The molecule has 0 unspecified atom stereocenters. The van der Waals surface area contributed by atoms with Crippen LogP contribution in [0.5, 0.6) is 0 Å². The summed E-state index contributed by atoms with van der Waals surface area (Å²) in [4.78, 5) is 0. The fraction of sp³-hybridized carbons (Fsp3) is 0.190. The topological polar surface area (TPSA) is 0 Å². The number of rotatable bonds is 3. The molecule has 0 amide bonds. The molecule has 0 radical (unpaired) electrons. The Bertz CT molecular complexity index is 661. The zero-order valence-corrected chi connectivity index (χ0v) is 13.1. The molecule has 0 heteroatoms. The van der Waals surface area contributed by atoms with Crippen molar-refractivity contribution < 1.29 is 0 Å². The molecular weight excluding hydrogens is 252 g/mol. The number of hydrogen-bond acceptors (Lipinski definition) is 0. The van der Waals surface area contributed by atoms with Gasteiger partial charge in [0.05, 0.1) is 0 Å². The second-order valence-electron chi connectivity index (χ2n) is 6.17. The minimum Gasteiger partial charge on any atom is -0.116 e. The zero-order valence-electron chi connectivity index (χ0n) is 13.1. The quantitative estimate of drug-likeness (QED) is 0.476. The van der Waals surface area contributed by atoms with Gasteiger partial charge in [-0.05, 0) is 28.2 Å². The van der Waals surface area contributed by atoms with Gasteiger partial charge >= 0.3 is 0 Å². The first-order valence-electron chi connectivity index (χ1n) is 7.25. The third kappa shape index (κ3) is 4.08. The number of allylic oxidation sites excluding steroid dienone is 2. The maximum absolute atomic E-state index is 4.14. The second-order valence-corrected chi connectivity index (χ2v) is 6.17. The number of hydrogen-bond donors (Lipinski definition) is 0. The highest BCUT2D eigenvalue weighted by Crippen LogP contribution is 2.33. The van der Waals surface area contributed by atoms with Crippen molar-refractivity contribution >= 4 is 11.1 Å². The lowest BCUT2D eigenvalue weighted by atomic mass is 9.82. The van der Waals surface area contributed by atoms with Crippen molar-refractivity contribution in [1.82, 2.24) is 0 Å². The van der Waals surface area contributed by atoms with Crippen LogP contribution in [0.4, 0.5) is 0 Å². The van der Waals surface area contributed by atoms with Crippen LogP contribution in [-0.2, 0) is 0 Å². The van der Waals surface area contributed by atoms with E-state index < -0.39 is 0 Å². The van der Waals surface area contributed by atoms with E-state index >= 15 is 0 Å². The van der Waals surface area contributed by atoms with Gasteiger partial charge in [-0.15, -0.1) is 5.73 Å². The van der Waals surface area contributed by atoms with Crippen molar-refractivity contribution in [1.29, 1.82) is 0 Å². The molecule has 0 aromatic heterocycles. The van der Waals surface area contributed by atoms with Crippen LogP contribution >= 0.6 is 0 Å². The van der Waals surface area contributed by atoms with E-state index in [-0.39, 0.29) is 5.41 Å². The van der Waals surface area contributed by atoms with Crippen molar-refractivity contribution in [2.45, 2.75) is 20.8 Å². The van der Waals surface area contributed by atoms with Crippen LogP contribution in [0, 0.1) is 5.41 Å². The summed E-state index contributed by atoms with van der Waals surface area (Å²) in [5, 5.41) is 0. The molecule has 0 saturated carbocycles. The first-order chi connectivity index (χ1) is 9.98. The Kier molecular flexibility index (Phi) is 4.62. The van der Waals surface area contributed by atoms with Crippen molar-refractivity contribution in [3.63, 3.8) is 0 Å². The van der Waals surface area contributed by atoms with E-state index in [4.69, 9.17) is 0 Å². The highest BCUT2D eigenvalue weighted by molar-refractivity contribution is 5.76. The van der Waals surface area contributed by atoms with Crippen molar-refractivity contribution in [3.8, 4) is 0 Å². The monoisotopic (exact) mass is 274 g/mol. The van der Waals surface area contributed by atoms with Crippen molar-refractivity contribution in [2.75, 3.05) is 0 Å². The minimum absolute atomic E-state index is 0.0365. The third-order valence-corrected chi connectivity index (χ3v) is 3.35. The van der Waals surface area contributed by atoms with E-state index in [0.29, 0.717) is 0 Å². The van der Waals surface area contributed by atoms with E-state index in [1.165, 1.54) is 11.1 Å². The van der Waals surface area contributed by atoms with Gasteiger partial charge in [-0.3, -0.25) is 0 Å². The minimum atomic E-state index is 0.0365. The molecule has 0 heterocycles. The van der Waals surface area contributed by atoms with E-state index in [1.54, 1.807) is 0 Å². The molecule has 0 aliphatic carbocycles. The van der Waals surface area contributed by atoms with Gasteiger partial charge in [0.25, 0.3) is 0 Å². The Labute approximate surface area is 128 Å². The van der Waals surface area contributed by atoms with Crippen LogP contribution in [0.15, 0.2) is 79.0 Å². The molecular formula is C21H22. The Morgan fingerprint density at radius 3 is 1.81 bits per heavy atom. The molecule has 0 aliphatic rings. The lowest BCUT2D eigenvalue weighted by Crippen LogP contribution is -2.07. The van der Waals surface area contributed by atoms with Crippen LogP contribution in [0.1, 0.15) is 31.9 Å². The summed E-state index contributed by atoms with van der Waals surface area (Å²) in [6, 6.07) is 20.6. The smallest absolute Gasteiger partial charge is 0.00658 e. The molecule has 106 valence electrons. The van der Waals surface area contributed by atoms with Gasteiger partial charge in [0, 0.05) is 5.57 Å². The summed E-state index contributed by atoms with van der Waals surface area (Å²) in [6.45, 7) is 10.8. The summed E-state index contributed by atoms with van der Waals surface area (Å²) >= 11 is 0. The lowest BCUT2D eigenvalue weighted by Gasteiger charge is -2.21. The van der Waals surface area contributed by atoms with E-state index in [1.807, 2.05) is 30.3 Å². The van der Waals surface area contributed by atoms with E-state index in [9.17, 15) is 0 Å². The predicted molar refractivity (Wildman–Crippen MR) is 92.9 cm³/mol. The Morgan fingerprint density at radius 1 is 0.857 bits per heavy atom. The van der Waals surface area contributed by atoms with E-state index in [2.05, 4.69) is 69.5 Å². The molecule has 0 N–H and O–H groups in total. The molecule has 0 nitrogen and oxygen atoms in total. The Balaban J connectivity index is 2.42. The molecule has 0 atom stereocenters. The molecule has 0 fully saturated rings. The maximum Gasteiger partial charge on any atom is 0.00658 e. The largest absolute Gasteiger partial charge is 0.116 e. The van der Waals surface area contributed by atoms with Gasteiger partial charge < -0.3 is 0 Å². The average molecular weight is 274 g/mol. The molecule has 0 spiro atoms. The van der Waals surface area contributed by atoms with Crippen molar-refractivity contribution in [3.05, 3.63) is 90.2 Å². The maximum atomic E-state index is 4.14. The van der Waals surface area contributed by atoms with Gasteiger partial charge in [-0.1, -0.05) is 88.0 Å². The third-order valence-electron chi connectivity index (χ3n) is 3.35. The first-order valence-corrected chi connectivity index (χ1v) is 7.25. The van der Waals surface area contributed by atoms with Gasteiger partial charge in [-0.2, -0.15) is 0 Å². The summed E-state index contributed by atoms with van der Waals surface area (Å²) in [6.07, 6.45) is 1.99. The average Bonchev–Trinajstić information content (AvgIpc) is 2.48. The van der Waals surface area contributed by atoms with Crippen LogP contribution in [0.25, 0.3) is 11.1 Å². The molecule has 2 rings (SSSR count). The summed E-state index contributed by atoms with van der Waals surface area (Å²) in [5.41, 5.74) is 8.02. The normalized spacial score (nSPS) is 10.6. The second kappa shape index (κ2) is 6.43. The summed E-state index contributed by atoms with van der Waals surface area (Å²) < 4.78 is 0. The molecule has 0 aliphatic heterocycles. The van der Waals surface area contributed by atoms with Gasteiger partial charge in [0.15, 0.2) is 0 Å².